The van der Waals surface area contributed by atoms with Crippen molar-refractivity contribution >= 4 is 47.2 Å². The van der Waals surface area contributed by atoms with Gasteiger partial charge in [0.25, 0.3) is 0 Å². The molecule has 4 N–H and O–H groups in total. The summed E-state index contributed by atoms with van der Waals surface area (Å²) < 4.78 is 13.0. The van der Waals surface area contributed by atoms with Crippen molar-refractivity contribution in [1.82, 2.24) is 10.6 Å². The van der Waals surface area contributed by atoms with Gasteiger partial charge in [-0.15, -0.1) is 35.3 Å². The quantitative estimate of drug-likeness (QED) is 0.237. The van der Waals surface area contributed by atoms with Crippen LogP contribution in [0.25, 0.3) is 0 Å². The molecular formula is C17H22FIN4OS. The molecule has 2 rings (SSSR count). The van der Waals surface area contributed by atoms with Crippen molar-refractivity contribution < 1.29 is 9.18 Å². The smallest absolute Gasteiger partial charge is 0.224 e. The number of carbonyl (C=O) groups excluding carboxylic acids is 1. The zero-order valence-corrected chi connectivity index (χ0v) is 16.9. The largest absolute Gasteiger partial charge is 0.370 e. The van der Waals surface area contributed by atoms with Crippen LogP contribution in [0.1, 0.15) is 10.4 Å². The molecule has 0 atom stereocenters. The number of nitrogens with two attached hydrogens (primary N) is 1. The summed E-state index contributed by atoms with van der Waals surface area (Å²) in [6.45, 7) is 1.55. The topological polar surface area (TPSA) is 79.5 Å². The highest BCUT2D eigenvalue weighted by Crippen LogP contribution is 2.08. The SMILES string of the molecule is I.NC(=NCCc1cccs1)NCCNC(=O)Cc1cccc(F)c1. The Morgan fingerprint density at radius 1 is 1.20 bits per heavy atom. The van der Waals surface area contributed by atoms with Crippen LogP contribution in [-0.2, 0) is 17.6 Å². The van der Waals surface area contributed by atoms with E-state index in [-0.39, 0.29) is 42.1 Å². The fraction of sp³-hybridized carbons (Fsp3) is 0.294. The molecule has 25 heavy (non-hydrogen) atoms. The van der Waals surface area contributed by atoms with Crippen LogP contribution in [0.2, 0.25) is 0 Å². The Morgan fingerprint density at radius 3 is 2.72 bits per heavy atom. The van der Waals surface area contributed by atoms with Crippen LogP contribution in [0.5, 0.6) is 0 Å². The van der Waals surface area contributed by atoms with Gasteiger partial charge in [0, 0.05) is 30.9 Å². The van der Waals surface area contributed by atoms with Gasteiger partial charge in [0.15, 0.2) is 5.96 Å². The number of amides is 1. The lowest BCUT2D eigenvalue weighted by molar-refractivity contribution is -0.120. The molecule has 0 aliphatic carbocycles. The highest BCUT2D eigenvalue weighted by atomic mass is 127. The summed E-state index contributed by atoms with van der Waals surface area (Å²) in [6, 6.07) is 10.1. The minimum Gasteiger partial charge on any atom is -0.370 e. The Balaban J connectivity index is 0.00000312. The van der Waals surface area contributed by atoms with Crippen LogP contribution in [0.15, 0.2) is 46.8 Å². The molecule has 1 heterocycles. The van der Waals surface area contributed by atoms with Crippen LogP contribution in [0.3, 0.4) is 0 Å². The van der Waals surface area contributed by atoms with Crippen LogP contribution in [0.4, 0.5) is 4.39 Å². The molecular weight excluding hydrogens is 454 g/mol. The number of hydrogen-bond acceptors (Lipinski definition) is 3. The van der Waals surface area contributed by atoms with Crippen molar-refractivity contribution in [2.24, 2.45) is 10.7 Å². The van der Waals surface area contributed by atoms with Gasteiger partial charge >= 0.3 is 0 Å². The van der Waals surface area contributed by atoms with Crippen molar-refractivity contribution in [2.75, 3.05) is 19.6 Å². The Hall–Kier alpha value is -1.68. The lowest BCUT2D eigenvalue weighted by Crippen LogP contribution is -2.39. The van der Waals surface area contributed by atoms with Gasteiger partial charge in [-0.3, -0.25) is 9.79 Å². The first-order valence-corrected chi connectivity index (χ1v) is 8.59. The molecule has 0 spiro atoms. The van der Waals surface area contributed by atoms with E-state index in [1.807, 2.05) is 11.4 Å². The number of carbonyl (C=O) groups is 1. The summed E-state index contributed by atoms with van der Waals surface area (Å²) in [5.74, 6) is -0.130. The average molecular weight is 476 g/mol. The fourth-order valence-corrected chi connectivity index (χ4v) is 2.78. The number of nitrogens with one attached hydrogen (secondary N) is 2. The predicted molar refractivity (Wildman–Crippen MR) is 111 cm³/mol. The van der Waals surface area contributed by atoms with Gasteiger partial charge in [-0.25, -0.2) is 4.39 Å². The van der Waals surface area contributed by atoms with Gasteiger partial charge in [-0.1, -0.05) is 18.2 Å². The van der Waals surface area contributed by atoms with Crippen molar-refractivity contribution in [3.8, 4) is 0 Å². The molecule has 136 valence electrons. The van der Waals surface area contributed by atoms with E-state index in [9.17, 15) is 9.18 Å². The third kappa shape index (κ3) is 8.82. The molecule has 5 nitrogen and oxygen atoms in total. The zero-order chi connectivity index (χ0) is 17.2. The van der Waals surface area contributed by atoms with Gasteiger partial charge in [0.2, 0.25) is 5.91 Å². The number of rotatable bonds is 8. The standard InChI is InChI=1S/C17H21FN4OS.HI/c18-14-4-1-3-13(11-14)12-16(23)20-8-9-22-17(19)21-7-6-15-5-2-10-24-15;/h1-5,10-11H,6-9,12H2,(H,20,23)(H3,19,21,22);1H. The second-order valence-corrected chi connectivity index (χ2v) is 6.21. The maximum Gasteiger partial charge on any atom is 0.224 e. The summed E-state index contributed by atoms with van der Waals surface area (Å²) in [5, 5.41) is 7.73. The molecule has 0 bridgehead atoms. The van der Waals surface area contributed by atoms with Crippen LogP contribution in [0, 0.1) is 5.82 Å². The molecule has 0 saturated heterocycles. The van der Waals surface area contributed by atoms with E-state index in [4.69, 9.17) is 5.73 Å². The Bertz CT molecular complexity index is 679. The van der Waals surface area contributed by atoms with E-state index < -0.39 is 0 Å². The predicted octanol–water partition coefficient (Wildman–Crippen LogP) is 2.31. The number of aliphatic imine (C=N–C) groups is 1. The lowest BCUT2D eigenvalue weighted by Gasteiger charge is -2.07. The molecule has 0 unspecified atom stereocenters. The number of guanidine groups is 1. The second kappa shape index (κ2) is 11.8. The van der Waals surface area contributed by atoms with Crippen molar-refractivity contribution in [3.05, 3.63) is 58.0 Å². The third-order valence-electron chi connectivity index (χ3n) is 3.23. The molecule has 0 radical (unpaired) electrons. The zero-order valence-electron chi connectivity index (χ0n) is 13.7. The third-order valence-corrected chi connectivity index (χ3v) is 4.16. The van der Waals surface area contributed by atoms with E-state index in [2.05, 4.69) is 21.7 Å². The van der Waals surface area contributed by atoms with E-state index in [1.165, 1.54) is 17.0 Å². The van der Waals surface area contributed by atoms with Gasteiger partial charge in [0.1, 0.15) is 5.82 Å². The van der Waals surface area contributed by atoms with Gasteiger partial charge < -0.3 is 16.4 Å². The molecule has 0 saturated carbocycles. The molecule has 1 aromatic carbocycles. The Kier molecular flexibility index (Phi) is 10.1. The van der Waals surface area contributed by atoms with Crippen molar-refractivity contribution in [2.45, 2.75) is 12.8 Å². The summed E-state index contributed by atoms with van der Waals surface area (Å²) >= 11 is 1.70. The average Bonchev–Trinajstić information content (AvgIpc) is 3.05. The first kappa shape index (κ1) is 21.4. The maximum atomic E-state index is 13.0. The van der Waals surface area contributed by atoms with Crippen LogP contribution in [-0.4, -0.2) is 31.5 Å². The highest BCUT2D eigenvalue weighted by molar-refractivity contribution is 14.0. The van der Waals surface area contributed by atoms with E-state index >= 15 is 0 Å². The maximum absolute atomic E-state index is 13.0. The Labute approximate surface area is 167 Å². The Morgan fingerprint density at radius 2 is 2.00 bits per heavy atom. The summed E-state index contributed by atoms with van der Waals surface area (Å²) in [6.07, 6.45) is 1.02. The molecule has 0 fully saturated rings. The van der Waals surface area contributed by atoms with Crippen molar-refractivity contribution in [1.29, 1.82) is 0 Å². The van der Waals surface area contributed by atoms with Gasteiger partial charge in [0.05, 0.1) is 6.42 Å². The first-order chi connectivity index (χ1) is 11.6. The number of benzene rings is 1. The second-order valence-electron chi connectivity index (χ2n) is 5.18. The minimum atomic E-state index is -0.339. The number of halogens is 2. The monoisotopic (exact) mass is 476 g/mol. The van der Waals surface area contributed by atoms with E-state index in [0.717, 1.165) is 6.42 Å². The highest BCUT2D eigenvalue weighted by Gasteiger charge is 2.03. The van der Waals surface area contributed by atoms with Crippen LogP contribution < -0.4 is 16.4 Å². The normalized spacial score (nSPS) is 10.8. The van der Waals surface area contributed by atoms with Gasteiger partial charge in [-0.2, -0.15) is 0 Å². The summed E-state index contributed by atoms with van der Waals surface area (Å²) in [5.41, 5.74) is 6.41. The molecule has 0 aliphatic heterocycles. The van der Waals surface area contributed by atoms with E-state index in [0.29, 0.717) is 31.2 Å². The fourth-order valence-electron chi connectivity index (χ4n) is 2.08. The molecule has 1 amide bonds. The van der Waals surface area contributed by atoms with Crippen LogP contribution >= 0.6 is 35.3 Å². The molecule has 1 aromatic heterocycles. The van der Waals surface area contributed by atoms with Gasteiger partial charge in [-0.05, 0) is 29.1 Å². The minimum absolute atomic E-state index is 0. The number of thiophene rings is 1. The molecule has 0 aliphatic rings. The van der Waals surface area contributed by atoms with E-state index in [1.54, 1.807) is 23.5 Å². The first-order valence-electron chi connectivity index (χ1n) is 7.71. The van der Waals surface area contributed by atoms with Crippen molar-refractivity contribution in [3.63, 3.8) is 0 Å². The molecule has 2 aromatic rings. The summed E-state index contributed by atoms with van der Waals surface area (Å²) in [7, 11) is 0. The molecule has 8 heteroatoms. The lowest BCUT2D eigenvalue weighted by atomic mass is 10.1. The number of hydrogen-bond donors (Lipinski definition) is 3. The summed E-state index contributed by atoms with van der Waals surface area (Å²) in [4.78, 5) is 17.3. The number of nitrogens with zero attached hydrogens (tertiary/aromatic N) is 1.